The van der Waals surface area contributed by atoms with E-state index in [4.69, 9.17) is 4.74 Å². The minimum absolute atomic E-state index is 0.164. The molecule has 0 saturated carbocycles. The van der Waals surface area contributed by atoms with Gasteiger partial charge in [0.2, 0.25) is 5.91 Å². The number of carbonyl (C=O) groups is 1. The zero-order chi connectivity index (χ0) is 21.4. The molecule has 158 valence electrons. The van der Waals surface area contributed by atoms with Crippen LogP contribution in [-0.2, 0) is 26.8 Å². The van der Waals surface area contributed by atoms with Gasteiger partial charge in [0.25, 0.3) is 0 Å². The lowest BCUT2D eigenvalue weighted by Crippen LogP contribution is -2.33. The van der Waals surface area contributed by atoms with Crippen molar-refractivity contribution < 1.29 is 17.9 Å². The first kappa shape index (κ1) is 21.8. The Hall–Kier alpha value is -2.86. The van der Waals surface area contributed by atoms with Crippen LogP contribution in [0.15, 0.2) is 66.7 Å². The maximum atomic E-state index is 12.5. The van der Waals surface area contributed by atoms with Crippen molar-refractivity contribution in [1.82, 2.24) is 5.32 Å². The Morgan fingerprint density at radius 2 is 1.70 bits per heavy atom. The first-order valence-electron chi connectivity index (χ1n) is 10.1. The van der Waals surface area contributed by atoms with Crippen LogP contribution >= 0.6 is 0 Å². The third kappa shape index (κ3) is 6.32. The standard InChI is InChI=1S/C24H27NO4S/c1-2-6-19-11-13-22(14-12-19)29-16-15-25-24(26)18-30(27,28)17-21-9-5-8-20-7-3-4-10-23(20)21/h3-5,7-14H,2,6,15-18H2,1H3,(H,25,26). The van der Waals surface area contributed by atoms with E-state index in [0.29, 0.717) is 5.56 Å². The van der Waals surface area contributed by atoms with Crippen molar-refractivity contribution in [3.63, 3.8) is 0 Å². The summed E-state index contributed by atoms with van der Waals surface area (Å²) in [6.07, 6.45) is 2.12. The molecular formula is C24H27NO4S. The minimum atomic E-state index is -3.58. The van der Waals surface area contributed by atoms with Crippen LogP contribution in [-0.4, -0.2) is 33.2 Å². The zero-order valence-corrected chi connectivity index (χ0v) is 18.0. The van der Waals surface area contributed by atoms with Crippen LogP contribution in [0.2, 0.25) is 0 Å². The largest absolute Gasteiger partial charge is 0.492 e. The van der Waals surface area contributed by atoms with E-state index >= 15 is 0 Å². The Labute approximate surface area is 178 Å². The number of hydrogen-bond acceptors (Lipinski definition) is 4. The highest BCUT2D eigenvalue weighted by Crippen LogP contribution is 2.20. The van der Waals surface area contributed by atoms with Crippen LogP contribution < -0.4 is 10.1 Å². The number of benzene rings is 3. The Bertz CT molecular complexity index is 1090. The van der Waals surface area contributed by atoms with E-state index in [1.165, 1.54) is 5.56 Å². The molecular weight excluding hydrogens is 398 g/mol. The molecule has 0 saturated heterocycles. The molecule has 0 bridgehead atoms. The van der Waals surface area contributed by atoms with E-state index in [9.17, 15) is 13.2 Å². The Morgan fingerprint density at radius 3 is 2.47 bits per heavy atom. The van der Waals surface area contributed by atoms with E-state index in [1.54, 1.807) is 6.07 Å². The molecule has 0 aromatic heterocycles. The SMILES string of the molecule is CCCc1ccc(OCCNC(=O)CS(=O)(=O)Cc2cccc3ccccc23)cc1. The van der Waals surface area contributed by atoms with Gasteiger partial charge in [-0.05, 0) is 40.5 Å². The second-order valence-corrected chi connectivity index (χ2v) is 9.33. The number of hydrogen-bond donors (Lipinski definition) is 1. The molecule has 0 aliphatic heterocycles. The van der Waals surface area contributed by atoms with E-state index in [1.807, 2.05) is 60.7 Å². The van der Waals surface area contributed by atoms with Gasteiger partial charge in [-0.15, -0.1) is 0 Å². The third-order valence-corrected chi connectivity index (χ3v) is 6.21. The van der Waals surface area contributed by atoms with Gasteiger partial charge in [0.15, 0.2) is 9.84 Å². The summed E-state index contributed by atoms with van der Waals surface area (Å²) in [4.78, 5) is 12.1. The average molecular weight is 426 g/mol. The van der Waals surface area contributed by atoms with Crippen LogP contribution in [0, 0.1) is 0 Å². The van der Waals surface area contributed by atoms with Crippen LogP contribution in [0.25, 0.3) is 10.8 Å². The molecule has 6 heteroatoms. The molecule has 0 aliphatic carbocycles. The van der Waals surface area contributed by atoms with Gasteiger partial charge < -0.3 is 10.1 Å². The Balaban J connectivity index is 1.46. The molecule has 5 nitrogen and oxygen atoms in total. The van der Waals surface area contributed by atoms with Gasteiger partial charge >= 0.3 is 0 Å². The number of sulfone groups is 1. The number of amides is 1. The summed E-state index contributed by atoms with van der Waals surface area (Å²) < 4.78 is 30.6. The van der Waals surface area contributed by atoms with Crippen LogP contribution in [0.3, 0.4) is 0 Å². The monoisotopic (exact) mass is 425 g/mol. The fourth-order valence-electron chi connectivity index (χ4n) is 3.36. The Kier molecular flexibility index (Phi) is 7.46. The maximum Gasteiger partial charge on any atom is 0.235 e. The number of nitrogens with one attached hydrogen (secondary N) is 1. The highest BCUT2D eigenvalue weighted by atomic mass is 32.2. The predicted molar refractivity (Wildman–Crippen MR) is 120 cm³/mol. The van der Waals surface area contributed by atoms with Crippen molar-refractivity contribution >= 4 is 26.5 Å². The second-order valence-electron chi connectivity index (χ2n) is 7.26. The fraction of sp³-hybridized carbons (Fsp3) is 0.292. The molecule has 0 unspecified atom stereocenters. The molecule has 3 aromatic rings. The third-order valence-electron chi connectivity index (χ3n) is 4.76. The summed E-state index contributed by atoms with van der Waals surface area (Å²) >= 11 is 0. The summed E-state index contributed by atoms with van der Waals surface area (Å²) in [5.41, 5.74) is 1.96. The number of rotatable bonds is 10. The molecule has 0 heterocycles. The van der Waals surface area contributed by atoms with Crippen LogP contribution in [0.1, 0.15) is 24.5 Å². The molecule has 3 aromatic carbocycles. The van der Waals surface area contributed by atoms with Crippen molar-refractivity contribution in [2.45, 2.75) is 25.5 Å². The number of ether oxygens (including phenoxy) is 1. The summed E-state index contributed by atoms with van der Waals surface area (Å²) in [6, 6.07) is 21.0. The van der Waals surface area contributed by atoms with E-state index in [-0.39, 0.29) is 18.9 Å². The quantitative estimate of drug-likeness (QED) is 0.500. The maximum absolute atomic E-state index is 12.5. The first-order chi connectivity index (χ1) is 14.5. The fourth-order valence-corrected chi connectivity index (χ4v) is 4.69. The van der Waals surface area contributed by atoms with Gasteiger partial charge in [-0.25, -0.2) is 8.42 Å². The molecule has 0 fully saturated rings. The zero-order valence-electron chi connectivity index (χ0n) is 17.1. The van der Waals surface area contributed by atoms with Crippen molar-refractivity contribution in [3.8, 4) is 5.75 Å². The summed E-state index contributed by atoms with van der Waals surface area (Å²) in [6.45, 7) is 2.66. The van der Waals surface area contributed by atoms with Crippen LogP contribution in [0.5, 0.6) is 5.75 Å². The van der Waals surface area contributed by atoms with Crippen molar-refractivity contribution in [1.29, 1.82) is 0 Å². The smallest absolute Gasteiger partial charge is 0.235 e. The van der Waals surface area contributed by atoms with Gasteiger partial charge in [0.05, 0.1) is 12.3 Å². The lowest BCUT2D eigenvalue weighted by Gasteiger charge is -2.10. The van der Waals surface area contributed by atoms with Gasteiger partial charge in [-0.1, -0.05) is 67.9 Å². The second kappa shape index (κ2) is 10.3. The summed E-state index contributed by atoms with van der Waals surface area (Å²) in [7, 11) is -3.58. The molecule has 0 spiro atoms. The van der Waals surface area contributed by atoms with Crippen LogP contribution in [0.4, 0.5) is 0 Å². The van der Waals surface area contributed by atoms with E-state index in [0.717, 1.165) is 29.4 Å². The lowest BCUT2D eigenvalue weighted by molar-refractivity contribution is -0.118. The van der Waals surface area contributed by atoms with E-state index in [2.05, 4.69) is 12.2 Å². The van der Waals surface area contributed by atoms with E-state index < -0.39 is 21.5 Å². The Morgan fingerprint density at radius 1 is 0.967 bits per heavy atom. The normalized spacial score (nSPS) is 11.4. The first-order valence-corrected chi connectivity index (χ1v) is 11.9. The number of carbonyl (C=O) groups excluding carboxylic acids is 1. The summed E-state index contributed by atoms with van der Waals surface area (Å²) in [5, 5.41) is 4.49. The highest BCUT2D eigenvalue weighted by molar-refractivity contribution is 7.91. The molecule has 0 atom stereocenters. The average Bonchev–Trinajstić information content (AvgIpc) is 2.72. The van der Waals surface area contributed by atoms with Gasteiger partial charge in [-0.3, -0.25) is 4.79 Å². The molecule has 30 heavy (non-hydrogen) atoms. The molecule has 1 amide bonds. The molecule has 1 N–H and O–H groups in total. The van der Waals surface area contributed by atoms with Crippen molar-refractivity contribution in [2.24, 2.45) is 0 Å². The molecule has 3 rings (SSSR count). The van der Waals surface area contributed by atoms with Gasteiger partial charge in [0, 0.05) is 0 Å². The molecule has 0 aliphatic rings. The predicted octanol–water partition coefficient (Wildman–Crippen LogP) is 3.90. The van der Waals surface area contributed by atoms with Crippen molar-refractivity contribution in [2.75, 3.05) is 18.9 Å². The molecule has 0 radical (unpaired) electrons. The highest BCUT2D eigenvalue weighted by Gasteiger charge is 2.18. The number of aryl methyl sites for hydroxylation is 1. The van der Waals surface area contributed by atoms with Gasteiger partial charge in [0.1, 0.15) is 18.1 Å². The topological polar surface area (TPSA) is 72.5 Å². The van der Waals surface area contributed by atoms with Gasteiger partial charge in [-0.2, -0.15) is 0 Å². The lowest BCUT2D eigenvalue weighted by atomic mass is 10.1. The van der Waals surface area contributed by atoms with Crippen molar-refractivity contribution in [3.05, 3.63) is 77.9 Å². The summed E-state index contributed by atoms with van der Waals surface area (Å²) in [5.74, 6) is -0.491. The minimum Gasteiger partial charge on any atom is -0.492 e. The number of fused-ring (bicyclic) bond motifs is 1.